The molecule has 1 aromatic rings. The Morgan fingerprint density at radius 1 is 1.33 bits per heavy atom. The lowest BCUT2D eigenvalue weighted by molar-refractivity contribution is 0.221. The molecule has 1 saturated carbocycles. The average molecular weight is 264 g/mol. The zero-order valence-electron chi connectivity index (χ0n) is 11.1. The molecule has 3 rings (SSSR count). The van der Waals surface area contributed by atoms with Gasteiger partial charge in [0.1, 0.15) is 0 Å². The number of rotatable bonds is 6. The molecule has 0 radical (unpaired) electrons. The molecule has 0 spiro atoms. The molecule has 2 aliphatic rings. The summed E-state index contributed by atoms with van der Waals surface area (Å²) in [6, 6.07) is 3.17. The Kier molecular flexibility index (Phi) is 4.34. The largest absolute Gasteiger partial charge is 0.316 e. The fourth-order valence-electron chi connectivity index (χ4n) is 2.97. The second-order valence-corrected chi connectivity index (χ2v) is 6.61. The summed E-state index contributed by atoms with van der Waals surface area (Å²) in [5, 5.41) is 8.04. The van der Waals surface area contributed by atoms with Crippen LogP contribution in [0.5, 0.6) is 0 Å². The zero-order chi connectivity index (χ0) is 12.2. The number of nitrogens with zero attached hydrogens (tertiary/aromatic N) is 1. The van der Waals surface area contributed by atoms with Crippen molar-refractivity contribution < 1.29 is 0 Å². The van der Waals surface area contributed by atoms with Crippen molar-refractivity contribution in [3.05, 3.63) is 22.4 Å². The fraction of sp³-hybridized carbons (Fsp3) is 0.733. The number of hydrogen-bond acceptors (Lipinski definition) is 3. The van der Waals surface area contributed by atoms with Crippen LogP contribution in [0.3, 0.4) is 0 Å². The first-order chi connectivity index (χ1) is 8.92. The van der Waals surface area contributed by atoms with Gasteiger partial charge in [-0.05, 0) is 80.0 Å². The van der Waals surface area contributed by atoms with Gasteiger partial charge in [-0.3, -0.25) is 4.90 Å². The van der Waals surface area contributed by atoms with Crippen LogP contribution in [-0.2, 0) is 6.54 Å². The predicted molar refractivity (Wildman–Crippen MR) is 78.0 cm³/mol. The minimum atomic E-state index is 0.890. The highest BCUT2D eigenvalue weighted by Gasteiger charge is 2.29. The molecule has 1 aliphatic carbocycles. The highest BCUT2D eigenvalue weighted by Crippen LogP contribution is 2.29. The Bertz CT molecular complexity index is 339. The standard InChI is InChI=1S/C15H24N2S/c1-2-13(10-16-7-1)5-8-17(15-3-4-15)11-14-6-9-18-12-14/h6,9,12-13,15-16H,1-5,7-8,10-11H2. The molecule has 1 aliphatic heterocycles. The van der Waals surface area contributed by atoms with Gasteiger partial charge in [0.2, 0.25) is 0 Å². The van der Waals surface area contributed by atoms with Crippen LogP contribution in [0.2, 0.25) is 0 Å². The molecule has 2 nitrogen and oxygen atoms in total. The molecule has 2 heterocycles. The lowest BCUT2D eigenvalue weighted by atomic mass is 9.96. The van der Waals surface area contributed by atoms with Crippen LogP contribution < -0.4 is 5.32 Å². The molecule has 1 aromatic heterocycles. The summed E-state index contributed by atoms with van der Waals surface area (Å²) >= 11 is 1.82. The van der Waals surface area contributed by atoms with E-state index in [4.69, 9.17) is 0 Å². The van der Waals surface area contributed by atoms with E-state index >= 15 is 0 Å². The van der Waals surface area contributed by atoms with Crippen LogP contribution in [0, 0.1) is 5.92 Å². The summed E-state index contributed by atoms with van der Waals surface area (Å²) < 4.78 is 0. The van der Waals surface area contributed by atoms with Crippen LogP contribution in [0.25, 0.3) is 0 Å². The third-order valence-electron chi connectivity index (χ3n) is 4.25. The molecule has 0 aromatic carbocycles. The van der Waals surface area contributed by atoms with Gasteiger partial charge < -0.3 is 5.32 Å². The highest BCUT2D eigenvalue weighted by molar-refractivity contribution is 7.07. The summed E-state index contributed by atoms with van der Waals surface area (Å²) in [5.41, 5.74) is 1.51. The van der Waals surface area contributed by atoms with Crippen molar-refractivity contribution in [1.29, 1.82) is 0 Å². The van der Waals surface area contributed by atoms with Gasteiger partial charge in [0.15, 0.2) is 0 Å². The minimum absolute atomic E-state index is 0.890. The zero-order valence-corrected chi connectivity index (χ0v) is 11.9. The van der Waals surface area contributed by atoms with E-state index in [9.17, 15) is 0 Å². The fourth-order valence-corrected chi connectivity index (χ4v) is 3.63. The second-order valence-electron chi connectivity index (χ2n) is 5.83. The maximum atomic E-state index is 3.53. The molecular formula is C15H24N2S. The van der Waals surface area contributed by atoms with Gasteiger partial charge in [0.05, 0.1) is 0 Å². The second kappa shape index (κ2) is 6.18. The molecule has 1 atom stereocenters. The van der Waals surface area contributed by atoms with Gasteiger partial charge in [0, 0.05) is 12.6 Å². The van der Waals surface area contributed by atoms with Crippen LogP contribution in [0.4, 0.5) is 0 Å². The summed E-state index contributed by atoms with van der Waals surface area (Å²) in [6.45, 7) is 4.95. The van der Waals surface area contributed by atoms with Crippen molar-refractivity contribution in [3.63, 3.8) is 0 Å². The molecule has 100 valence electrons. The van der Waals surface area contributed by atoms with Gasteiger partial charge in [-0.1, -0.05) is 0 Å². The molecule has 0 bridgehead atoms. The number of piperidine rings is 1. The van der Waals surface area contributed by atoms with Crippen molar-refractivity contribution in [3.8, 4) is 0 Å². The first kappa shape index (κ1) is 12.6. The molecule has 18 heavy (non-hydrogen) atoms. The van der Waals surface area contributed by atoms with E-state index in [1.165, 1.54) is 63.8 Å². The molecule has 3 heteroatoms. The summed E-state index contributed by atoms with van der Waals surface area (Å²) in [5.74, 6) is 0.919. The Labute approximate surface area is 114 Å². The van der Waals surface area contributed by atoms with Crippen LogP contribution in [-0.4, -0.2) is 30.6 Å². The van der Waals surface area contributed by atoms with E-state index in [2.05, 4.69) is 27.0 Å². The molecular weight excluding hydrogens is 240 g/mol. The topological polar surface area (TPSA) is 15.3 Å². The normalized spacial score (nSPS) is 24.6. The Morgan fingerprint density at radius 3 is 2.94 bits per heavy atom. The van der Waals surface area contributed by atoms with Crippen molar-refractivity contribution in [2.24, 2.45) is 5.92 Å². The third kappa shape index (κ3) is 3.56. The van der Waals surface area contributed by atoms with E-state index in [1.54, 1.807) is 0 Å². The van der Waals surface area contributed by atoms with Gasteiger partial charge in [-0.25, -0.2) is 0 Å². The first-order valence-electron chi connectivity index (χ1n) is 7.37. The smallest absolute Gasteiger partial charge is 0.0244 e. The van der Waals surface area contributed by atoms with Crippen LogP contribution >= 0.6 is 11.3 Å². The van der Waals surface area contributed by atoms with Crippen molar-refractivity contribution in [2.75, 3.05) is 19.6 Å². The molecule has 1 saturated heterocycles. The average Bonchev–Trinajstić information content (AvgIpc) is 3.13. The van der Waals surface area contributed by atoms with Gasteiger partial charge >= 0.3 is 0 Å². The SMILES string of the molecule is c1cc(CN(CCC2CCCNC2)C2CC2)cs1. The number of thiophene rings is 1. The quantitative estimate of drug-likeness (QED) is 0.849. The van der Waals surface area contributed by atoms with Crippen LogP contribution in [0.1, 0.15) is 37.7 Å². The molecule has 1 N–H and O–H groups in total. The maximum Gasteiger partial charge on any atom is 0.0244 e. The predicted octanol–water partition coefficient (Wildman–Crippen LogP) is 3.10. The third-order valence-corrected chi connectivity index (χ3v) is 4.98. The van der Waals surface area contributed by atoms with Crippen LogP contribution in [0.15, 0.2) is 16.8 Å². The maximum absolute atomic E-state index is 3.53. The monoisotopic (exact) mass is 264 g/mol. The highest BCUT2D eigenvalue weighted by atomic mass is 32.1. The molecule has 0 amide bonds. The Hall–Kier alpha value is -0.380. The van der Waals surface area contributed by atoms with E-state index in [0.29, 0.717) is 0 Å². The van der Waals surface area contributed by atoms with Gasteiger partial charge in [-0.2, -0.15) is 11.3 Å². The summed E-state index contributed by atoms with van der Waals surface area (Å²) in [7, 11) is 0. The Balaban J connectivity index is 1.47. The Morgan fingerprint density at radius 2 is 2.28 bits per heavy atom. The lowest BCUT2D eigenvalue weighted by Crippen LogP contribution is -2.33. The van der Waals surface area contributed by atoms with E-state index in [0.717, 1.165) is 12.0 Å². The lowest BCUT2D eigenvalue weighted by Gasteiger charge is -2.27. The van der Waals surface area contributed by atoms with Gasteiger partial charge in [-0.15, -0.1) is 0 Å². The number of nitrogens with one attached hydrogen (secondary N) is 1. The van der Waals surface area contributed by atoms with E-state index < -0.39 is 0 Å². The van der Waals surface area contributed by atoms with E-state index in [1.807, 2.05) is 11.3 Å². The first-order valence-corrected chi connectivity index (χ1v) is 8.32. The van der Waals surface area contributed by atoms with Gasteiger partial charge in [0.25, 0.3) is 0 Å². The minimum Gasteiger partial charge on any atom is -0.316 e. The van der Waals surface area contributed by atoms with Crippen molar-refractivity contribution in [2.45, 2.75) is 44.7 Å². The summed E-state index contributed by atoms with van der Waals surface area (Å²) in [4.78, 5) is 2.72. The van der Waals surface area contributed by atoms with Crippen molar-refractivity contribution >= 4 is 11.3 Å². The van der Waals surface area contributed by atoms with E-state index in [-0.39, 0.29) is 0 Å². The molecule has 2 fully saturated rings. The number of hydrogen-bond donors (Lipinski definition) is 1. The van der Waals surface area contributed by atoms with Crippen molar-refractivity contribution in [1.82, 2.24) is 10.2 Å². The molecule has 1 unspecified atom stereocenters. The summed E-state index contributed by atoms with van der Waals surface area (Å²) in [6.07, 6.45) is 7.04.